The van der Waals surface area contributed by atoms with Gasteiger partial charge >= 0.3 is 0 Å². The van der Waals surface area contributed by atoms with Crippen molar-refractivity contribution in [2.75, 3.05) is 55.5 Å². The number of likely N-dealkylation sites (tertiary alicyclic amines) is 1. The minimum Gasteiger partial charge on any atom is -0.495 e. The molecule has 0 radical (unpaired) electrons. The second-order valence-corrected chi connectivity index (χ2v) is 11.7. The molecule has 11 heteroatoms. The third-order valence-corrected chi connectivity index (χ3v) is 9.03. The van der Waals surface area contributed by atoms with Gasteiger partial charge in [0.1, 0.15) is 17.3 Å². The highest BCUT2D eigenvalue weighted by Gasteiger charge is 2.36. The van der Waals surface area contributed by atoms with Gasteiger partial charge in [0.25, 0.3) is 5.91 Å². The smallest absolute Gasteiger partial charge is 0.254 e. The first-order chi connectivity index (χ1) is 20.3. The normalized spacial score (nSPS) is 20.4. The lowest BCUT2D eigenvalue weighted by Gasteiger charge is -2.31. The first-order valence-electron chi connectivity index (χ1n) is 15.4. The molecule has 1 aromatic heterocycles. The maximum absolute atomic E-state index is 15.3. The second kappa shape index (κ2) is 13.2. The summed E-state index contributed by atoms with van der Waals surface area (Å²) >= 11 is 0. The van der Waals surface area contributed by atoms with Crippen LogP contribution in [0.2, 0.25) is 0 Å². The van der Waals surface area contributed by atoms with Gasteiger partial charge in [0.05, 0.1) is 30.5 Å². The van der Waals surface area contributed by atoms with Gasteiger partial charge in [-0.2, -0.15) is 4.98 Å². The number of nitrogens with zero attached hydrogens (tertiary/aromatic N) is 5. The van der Waals surface area contributed by atoms with Gasteiger partial charge < -0.3 is 30.1 Å². The predicted octanol–water partition coefficient (Wildman–Crippen LogP) is 4.72. The Kier molecular flexibility index (Phi) is 9.45. The fraction of sp³-hybridized carbons (Fsp3) is 0.613. The van der Waals surface area contributed by atoms with Gasteiger partial charge in [0.15, 0.2) is 5.82 Å². The van der Waals surface area contributed by atoms with Crippen LogP contribution in [0, 0.1) is 11.7 Å². The fourth-order valence-corrected chi connectivity index (χ4v) is 6.54. The number of nitrogens with one attached hydrogen (secondary N) is 2. The molecule has 2 N–H and O–H groups in total. The molecule has 5 rings (SSSR count). The number of ether oxygens (including phenoxy) is 1. The number of halogens is 1. The Bertz CT molecular complexity index is 1280. The van der Waals surface area contributed by atoms with Gasteiger partial charge in [0.2, 0.25) is 11.9 Å². The summed E-state index contributed by atoms with van der Waals surface area (Å²) in [6, 6.07) is 3.00. The molecule has 2 aliphatic heterocycles. The van der Waals surface area contributed by atoms with E-state index in [1.165, 1.54) is 19.2 Å². The van der Waals surface area contributed by atoms with Crippen molar-refractivity contribution >= 4 is 35.0 Å². The number of hydrogen-bond acceptors (Lipinski definition) is 8. The Hall–Kier alpha value is -3.47. The highest BCUT2D eigenvalue weighted by molar-refractivity contribution is 5.99. The van der Waals surface area contributed by atoms with Crippen LogP contribution < -0.4 is 25.2 Å². The number of carbonyl (C=O) groups excluding carboxylic acids is 2. The molecular formula is C31H44FN7O3. The van der Waals surface area contributed by atoms with E-state index in [4.69, 9.17) is 9.72 Å². The van der Waals surface area contributed by atoms with E-state index in [0.717, 1.165) is 71.0 Å². The average Bonchev–Trinajstić information content (AvgIpc) is 3.51. The number of methoxy groups -OCH3 is 1. The van der Waals surface area contributed by atoms with Gasteiger partial charge in [-0.15, -0.1) is 0 Å². The van der Waals surface area contributed by atoms with E-state index >= 15 is 4.39 Å². The zero-order valence-electron chi connectivity index (χ0n) is 25.3. The van der Waals surface area contributed by atoms with E-state index in [1.54, 1.807) is 18.1 Å². The molecule has 10 nitrogen and oxygen atoms in total. The molecule has 2 fully saturated rings. The second-order valence-electron chi connectivity index (χ2n) is 11.7. The summed E-state index contributed by atoms with van der Waals surface area (Å²) in [6.07, 6.45) is 9.51. The number of rotatable bonds is 9. The van der Waals surface area contributed by atoms with Crippen LogP contribution in [0.15, 0.2) is 18.3 Å². The van der Waals surface area contributed by atoms with Crippen molar-refractivity contribution in [2.45, 2.75) is 77.3 Å². The molecule has 0 spiro atoms. The molecular weight excluding hydrogens is 537 g/mol. The van der Waals surface area contributed by atoms with Crippen molar-refractivity contribution in [3.63, 3.8) is 0 Å². The molecule has 228 valence electrons. The summed E-state index contributed by atoms with van der Waals surface area (Å²) < 4.78 is 20.9. The molecule has 1 aromatic carbocycles. The van der Waals surface area contributed by atoms with Crippen molar-refractivity contribution in [1.29, 1.82) is 0 Å². The quantitative estimate of drug-likeness (QED) is 0.439. The third-order valence-electron chi connectivity index (χ3n) is 9.03. The predicted molar refractivity (Wildman–Crippen MR) is 162 cm³/mol. The third kappa shape index (κ3) is 6.30. The number of amides is 2. The van der Waals surface area contributed by atoms with E-state index < -0.39 is 11.7 Å². The molecule has 2 aromatic rings. The van der Waals surface area contributed by atoms with Crippen LogP contribution in [0.25, 0.3) is 0 Å². The standard InChI is InChI=1S/C31H44FN7O3/c1-5-9-20-19-39(22-10-7-8-11-22)28-26(37(3)30(20)41)18-33-31(36-28)35-25-17-24(32)23(16-27(25)42-4)29(40)34-21-12-14-38(6-2)15-13-21/h16-18,20-22H,5-15,19H2,1-4H3,(H,34,40)(H,33,35,36). The SMILES string of the molecule is CCCC1CN(C2CCCC2)c2nc(Nc3cc(F)c(C(=O)NC4CCN(CC)CC4)cc3OC)ncc2N(C)C1=O. The lowest BCUT2D eigenvalue weighted by atomic mass is 10.0. The number of fused-ring (bicyclic) bond motifs is 1. The van der Waals surface area contributed by atoms with Gasteiger partial charge in [-0.25, -0.2) is 9.37 Å². The summed E-state index contributed by atoms with van der Waals surface area (Å²) in [5.41, 5.74) is 0.927. The number of piperidine rings is 1. The zero-order chi connectivity index (χ0) is 29.8. The van der Waals surface area contributed by atoms with Crippen LogP contribution in [-0.4, -0.2) is 79.1 Å². The Morgan fingerprint density at radius 1 is 1.14 bits per heavy atom. The number of hydrogen-bond donors (Lipinski definition) is 2. The van der Waals surface area contributed by atoms with Crippen LogP contribution >= 0.6 is 0 Å². The molecule has 1 atom stereocenters. The lowest BCUT2D eigenvalue weighted by molar-refractivity contribution is -0.121. The van der Waals surface area contributed by atoms with Crippen LogP contribution in [0.4, 0.5) is 27.5 Å². The van der Waals surface area contributed by atoms with E-state index in [9.17, 15) is 9.59 Å². The number of aromatic nitrogens is 2. The summed E-state index contributed by atoms with van der Waals surface area (Å²) in [6.45, 7) is 7.66. The van der Waals surface area contributed by atoms with Gasteiger partial charge in [-0.1, -0.05) is 33.1 Å². The number of benzene rings is 1. The fourth-order valence-electron chi connectivity index (χ4n) is 6.54. The number of carbonyl (C=O) groups is 2. The van der Waals surface area contributed by atoms with E-state index in [2.05, 4.69) is 39.3 Å². The summed E-state index contributed by atoms with van der Waals surface area (Å²) in [5.74, 6) is 0.146. The topological polar surface area (TPSA) is 103 Å². The molecule has 3 heterocycles. The molecule has 0 bridgehead atoms. The monoisotopic (exact) mass is 581 g/mol. The van der Waals surface area contributed by atoms with Crippen LogP contribution in [-0.2, 0) is 4.79 Å². The maximum Gasteiger partial charge on any atom is 0.254 e. The van der Waals surface area contributed by atoms with Crippen molar-refractivity contribution < 1.29 is 18.7 Å². The van der Waals surface area contributed by atoms with Crippen molar-refractivity contribution in [3.05, 3.63) is 29.7 Å². The molecule has 1 aliphatic carbocycles. The molecule has 1 saturated heterocycles. The van der Waals surface area contributed by atoms with Crippen LogP contribution in [0.3, 0.4) is 0 Å². The van der Waals surface area contributed by atoms with Gasteiger partial charge in [-0.05, 0) is 44.7 Å². The van der Waals surface area contributed by atoms with Crippen LogP contribution in [0.5, 0.6) is 5.75 Å². The molecule has 42 heavy (non-hydrogen) atoms. The average molecular weight is 582 g/mol. The van der Waals surface area contributed by atoms with Crippen molar-refractivity contribution in [2.24, 2.45) is 5.92 Å². The van der Waals surface area contributed by atoms with E-state index in [0.29, 0.717) is 35.5 Å². The van der Waals surface area contributed by atoms with Crippen LogP contribution in [0.1, 0.15) is 75.6 Å². The first-order valence-corrected chi connectivity index (χ1v) is 15.4. The number of anilines is 4. The molecule has 3 aliphatic rings. The van der Waals surface area contributed by atoms with Gasteiger partial charge in [-0.3, -0.25) is 9.59 Å². The molecule has 1 saturated carbocycles. The first kappa shape index (κ1) is 30.0. The Labute approximate surface area is 248 Å². The Morgan fingerprint density at radius 3 is 2.55 bits per heavy atom. The molecule has 2 amide bonds. The minimum absolute atomic E-state index is 0.0150. The minimum atomic E-state index is -0.656. The Balaban J connectivity index is 1.39. The van der Waals surface area contributed by atoms with E-state index in [-0.39, 0.29) is 29.4 Å². The van der Waals surface area contributed by atoms with Crippen molar-refractivity contribution in [3.8, 4) is 5.75 Å². The molecule has 1 unspecified atom stereocenters. The summed E-state index contributed by atoms with van der Waals surface area (Å²) in [5, 5.41) is 6.10. The Morgan fingerprint density at radius 2 is 1.88 bits per heavy atom. The summed E-state index contributed by atoms with van der Waals surface area (Å²) in [7, 11) is 3.27. The maximum atomic E-state index is 15.3. The zero-order valence-corrected chi connectivity index (χ0v) is 25.3. The highest BCUT2D eigenvalue weighted by Crippen LogP contribution is 2.39. The summed E-state index contributed by atoms with van der Waals surface area (Å²) in [4.78, 5) is 42.0. The lowest BCUT2D eigenvalue weighted by Crippen LogP contribution is -2.44. The highest BCUT2D eigenvalue weighted by atomic mass is 19.1. The largest absolute Gasteiger partial charge is 0.495 e. The van der Waals surface area contributed by atoms with E-state index in [1.807, 2.05) is 0 Å². The van der Waals surface area contributed by atoms with Crippen molar-refractivity contribution in [1.82, 2.24) is 20.2 Å². The van der Waals surface area contributed by atoms with Gasteiger partial charge in [0, 0.05) is 44.8 Å².